The molecule has 2 atom stereocenters. The Labute approximate surface area is 95.0 Å². The molecule has 2 heterocycles. The Kier molecular flexibility index (Phi) is 2.82. The molecule has 0 aliphatic carbocycles. The molecule has 6 heteroatoms. The summed E-state index contributed by atoms with van der Waals surface area (Å²) in [6.45, 7) is 5.43. The third-order valence-corrected chi connectivity index (χ3v) is 2.96. The fourth-order valence-corrected chi connectivity index (χ4v) is 2.29. The highest BCUT2D eigenvalue weighted by molar-refractivity contribution is 5.53. The number of nitrogens with two attached hydrogens (primary N) is 2. The average Bonchev–Trinajstić information content (AvgIpc) is 2.57. The van der Waals surface area contributed by atoms with E-state index in [1.165, 1.54) is 6.42 Å². The quantitative estimate of drug-likeness (QED) is 0.500. The van der Waals surface area contributed by atoms with Crippen molar-refractivity contribution in [2.24, 2.45) is 11.8 Å². The maximum atomic E-state index is 5.64. The van der Waals surface area contributed by atoms with E-state index in [1.807, 2.05) is 6.07 Å². The zero-order chi connectivity index (χ0) is 11.7. The highest BCUT2D eigenvalue weighted by Gasteiger charge is 2.27. The molecule has 0 amide bonds. The third kappa shape index (κ3) is 2.01. The largest absolute Gasteiger partial charge is 0.368 e. The van der Waals surface area contributed by atoms with Gasteiger partial charge in [-0.3, -0.25) is 0 Å². The molecule has 0 saturated carbocycles. The molecule has 16 heavy (non-hydrogen) atoms. The molecule has 5 N–H and O–H groups in total. The van der Waals surface area contributed by atoms with Crippen molar-refractivity contribution in [2.75, 3.05) is 22.6 Å². The van der Waals surface area contributed by atoms with Crippen molar-refractivity contribution in [3.8, 4) is 0 Å². The molecule has 1 aromatic heterocycles. The molecule has 1 aliphatic rings. The molecular weight excluding hydrogens is 204 g/mol. The van der Waals surface area contributed by atoms with Gasteiger partial charge in [-0.25, -0.2) is 5.84 Å². The van der Waals surface area contributed by atoms with Gasteiger partial charge in [0, 0.05) is 18.7 Å². The Morgan fingerprint density at radius 2 is 2.19 bits per heavy atom. The van der Waals surface area contributed by atoms with Gasteiger partial charge in [-0.1, -0.05) is 6.92 Å². The summed E-state index contributed by atoms with van der Waals surface area (Å²) in [6.07, 6.45) is 1.18. The number of hydrogen-bond donors (Lipinski definition) is 3. The van der Waals surface area contributed by atoms with E-state index in [9.17, 15) is 0 Å². The number of anilines is 3. The van der Waals surface area contributed by atoms with Crippen molar-refractivity contribution in [1.29, 1.82) is 0 Å². The summed E-state index contributed by atoms with van der Waals surface area (Å²) in [4.78, 5) is 10.5. The second-order valence-corrected chi connectivity index (χ2v) is 4.46. The first-order chi connectivity index (χ1) is 7.60. The summed E-state index contributed by atoms with van der Waals surface area (Å²) >= 11 is 0. The number of nitrogens with one attached hydrogen (secondary N) is 1. The van der Waals surface area contributed by atoms with Gasteiger partial charge in [-0.05, 0) is 19.3 Å². The lowest BCUT2D eigenvalue weighted by atomic mass is 10.1. The van der Waals surface area contributed by atoms with Crippen molar-refractivity contribution in [3.63, 3.8) is 0 Å². The zero-order valence-electron chi connectivity index (χ0n) is 9.64. The Bertz CT molecular complexity index is 380. The molecule has 1 aliphatic heterocycles. The van der Waals surface area contributed by atoms with Gasteiger partial charge >= 0.3 is 0 Å². The van der Waals surface area contributed by atoms with E-state index in [1.54, 1.807) is 0 Å². The first kappa shape index (κ1) is 10.9. The average molecular weight is 222 g/mol. The lowest BCUT2D eigenvalue weighted by molar-refractivity contribution is 0.625. The lowest BCUT2D eigenvalue weighted by Crippen LogP contribution is -2.28. The van der Waals surface area contributed by atoms with Gasteiger partial charge in [0.05, 0.1) is 0 Å². The first-order valence-electron chi connectivity index (χ1n) is 5.48. The van der Waals surface area contributed by atoms with Gasteiger partial charge in [0.15, 0.2) is 0 Å². The molecule has 2 rings (SSSR count). The predicted octanol–water partition coefficient (Wildman–Crippen LogP) is 0.579. The summed E-state index contributed by atoms with van der Waals surface area (Å²) in [5.74, 6) is 7.66. The zero-order valence-corrected chi connectivity index (χ0v) is 9.64. The second kappa shape index (κ2) is 4.13. The molecule has 0 bridgehead atoms. The van der Waals surface area contributed by atoms with Crippen LogP contribution in [0.25, 0.3) is 0 Å². The molecule has 1 saturated heterocycles. The summed E-state index contributed by atoms with van der Waals surface area (Å²) in [5.41, 5.74) is 8.14. The molecule has 0 radical (unpaired) electrons. The standard InChI is InChI=1S/C10H18N6/c1-6-3-7(2)16(5-6)9-4-8(15-12)13-10(11)14-9/h4,6-7H,3,5,12H2,1-2H3,(H3,11,13,14,15). The molecule has 1 aromatic rings. The maximum Gasteiger partial charge on any atom is 0.223 e. The van der Waals surface area contributed by atoms with Gasteiger partial charge in [-0.15, -0.1) is 0 Å². The third-order valence-electron chi connectivity index (χ3n) is 2.96. The molecule has 0 spiro atoms. The highest BCUT2D eigenvalue weighted by Crippen LogP contribution is 2.28. The van der Waals surface area contributed by atoms with Crippen LogP contribution in [0.4, 0.5) is 17.6 Å². The smallest absolute Gasteiger partial charge is 0.223 e. The summed E-state index contributed by atoms with van der Waals surface area (Å²) in [6, 6.07) is 2.31. The van der Waals surface area contributed by atoms with Gasteiger partial charge in [-0.2, -0.15) is 9.97 Å². The van der Waals surface area contributed by atoms with Crippen LogP contribution in [-0.4, -0.2) is 22.6 Å². The van der Waals surface area contributed by atoms with E-state index < -0.39 is 0 Å². The molecule has 0 aromatic carbocycles. The minimum atomic E-state index is 0.247. The van der Waals surface area contributed by atoms with E-state index >= 15 is 0 Å². The Morgan fingerprint density at radius 1 is 1.44 bits per heavy atom. The fraction of sp³-hybridized carbons (Fsp3) is 0.600. The van der Waals surface area contributed by atoms with Crippen molar-refractivity contribution in [2.45, 2.75) is 26.3 Å². The van der Waals surface area contributed by atoms with Crippen LogP contribution in [0.5, 0.6) is 0 Å². The van der Waals surface area contributed by atoms with Crippen LogP contribution in [0.2, 0.25) is 0 Å². The summed E-state index contributed by atoms with van der Waals surface area (Å²) < 4.78 is 0. The number of nitrogen functional groups attached to an aromatic ring is 2. The van der Waals surface area contributed by atoms with Crippen LogP contribution in [-0.2, 0) is 0 Å². The molecule has 88 valence electrons. The normalized spacial score (nSPS) is 24.8. The number of hydrogen-bond acceptors (Lipinski definition) is 6. The molecular formula is C10H18N6. The monoisotopic (exact) mass is 222 g/mol. The second-order valence-electron chi connectivity index (χ2n) is 4.46. The van der Waals surface area contributed by atoms with Crippen LogP contribution in [0, 0.1) is 5.92 Å². The maximum absolute atomic E-state index is 5.64. The van der Waals surface area contributed by atoms with Crippen LogP contribution in [0.1, 0.15) is 20.3 Å². The van der Waals surface area contributed by atoms with Crippen LogP contribution in [0.15, 0.2) is 6.07 Å². The highest BCUT2D eigenvalue weighted by atomic mass is 15.3. The SMILES string of the molecule is CC1CC(C)N(c2cc(NN)nc(N)n2)C1. The van der Waals surface area contributed by atoms with Gasteiger partial charge in [0.1, 0.15) is 11.6 Å². The van der Waals surface area contributed by atoms with Gasteiger partial charge in [0.25, 0.3) is 0 Å². The number of rotatable bonds is 2. The summed E-state index contributed by atoms with van der Waals surface area (Å²) in [5, 5.41) is 0. The van der Waals surface area contributed by atoms with Crippen molar-refractivity contribution >= 4 is 17.6 Å². The number of hydrazine groups is 1. The first-order valence-corrected chi connectivity index (χ1v) is 5.48. The van der Waals surface area contributed by atoms with E-state index in [4.69, 9.17) is 11.6 Å². The number of aromatic nitrogens is 2. The molecule has 6 nitrogen and oxygen atoms in total. The van der Waals surface area contributed by atoms with Gasteiger partial charge in [0.2, 0.25) is 5.95 Å². The van der Waals surface area contributed by atoms with E-state index in [2.05, 4.69) is 34.1 Å². The predicted molar refractivity (Wildman–Crippen MR) is 64.8 cm³/mol. The lowest BCUT2D eigenvalue weighted by Gasteiger charge is -2.23. The Balaban J connectivity index is 2.29. The van der Waals surface area contributed by atoms with Crippen LogP contribution in [0.3, 0.4) is 0 Å². The van der Waals surface area contributed by atoms with Crippen LogP contribution < -0.4 is 21.9 Å². The van der Waals surface area contributed by atoms with Crippen molar-refractivity contribution in [3.05, 3.63) is 6.07 Å². The van der Waals surface area contributed by atoms with Crippen molar-refractivity contribution < 1.29 is 0 Å². The van der Waals surface area contributed by atoms with Crippen molar-refractivity contribution in [1.82, 2.24) is 9.97 Å². The Morgan fingerprint density at radius 3 is 2.75 bits per heavy atom. The fourth-order valence-electron chi connectivity index (χ4n) is 2.29. The van der Waals surface area contributed by atoms with Crippen LogP contribution >= 0.6 is 0 Å². The van der Waals surface area contributed by atoms with E-state index in [0.29, 0.717) is 17.8 Å². The Hall–Kier alpha value is -1.56. The molecule has 1 fully saturated rings. The topological polar surface area (TPSA) is 93.1 Å². The molecule has 2 unspecified atom stereocenters. The summed E-state index contributed by atoms with van der Waals surface area (Å²) in [7, 11) is 0. The minimum absolute atomic E-state index is 0.247. The van der Waals surface area contributed by atoms with E-state index in [-0.39, 0.29) is 5.95 Å². The van der Waals surface area contributed by atoms with E-state index in [0.717, 1.165) is 12.4 Å². The van der Waals surface area contributed by atoms with Gasteiger partial charge < -0.3 is 16.1 Å². The number of nitrogens with zero attached hydrogens (tertiary/aromatic N) is 3. The minimum Gasteiger partial charge on any atom is -0.368 e.